The van der Waals surface area contributed by atoms with Gasteiger partial charge in [0, 0.05) is 9.75 Å². The minimum atomic E-state index is -0.379. The first-order chi connectivity index (χ1) is 6.63. The maximum atomic E-state index is 11.3. The van der Waals surface area contributed by atoms with E-state index in [4.69, 9.17) is 5.73 Å². The molecule has 0 aliphatic carbocycles. The lowest BCUT2D eigenvalue weighted by Gasteiger charge is -2.08. The molecule has 0 radical (unpaired) electrons. The summed E-state index contributed by atoms with van der Waals surface area (Å²) in [7, 11) is 0. The van der Waals surface area contributed by atoms with Crippen LogP contribution < -0.4 is 11.1 Å². The maximum absolute atomic E-state index is 11.3. The van der Waals surface area contributed by atoms with Crippen molar-refractivity contribution in [1.82, 2.24) is 5.32 Å². The Bertz CT molecular complexity index is 314. The average molecular weight is 249 g/mol. The van der Waals surface area contributed by atoms with Gasteiger partial charge in [0.1, 0.15) is 0 Å². The molecule has 1 atom stereocenters. The summed E-state index contributed by atoms with van der Waals surface area (Å²) in [6.45, 7) is 4.54. The number of hydrogen-bond acceptors (Lipinski definition) is 3. The molecule has 0 aromatic carbocycles. The van der Waals surface area contributed by atoms with Gasteiger partial charge in [0.05, 0.1) is 12.6 Å². The molecule has 15 heavy (non-hydrogen) atoms. The number of halogens is 1. The van der Waals surface area contributed by atoms with Crippen LogP contribution in [0.25, 0.3) is 0 Å². The highest BCUT2D eigenvalue weighted by Crippen LogP contribution is 2.14. The third kappa shape index (κ3) is 4.64. The van der Waals surface area contributed by atoms with Crippen LogP contribution in [0.3, 0.4) is 0 Å². The van der Waals surface area contributed by atoms with E-state index in [1.165, 1.54) is 9.75 Å². The number of thiophene rings is 1. The molecule has 0 saturated carbocycles. The molecule has 0 unspecified atom stereocenters. The van der Waals surface area contributed by atoms with Crippen molar-refractivity contribution in [1.29, 1.82) is 0 Å². The van der Waals surface area contributed by atoms with Gasteiger partial charge in [0.2, 0.25) is 5.91 Å². The summed E-state index contributed by atoms with van der Waals surface area (Å²) in [6.07, 6.45) is 0.676. The minimum Gasteiger partial charge on any atom is -0.350 e. The summed E-state index contributed by atoms with van der Waals surface area (Å²) in [6, 6.07) is 3.69. The topological polar surface area (TPSA) is 55.1 Å². The first kappa shape index (κ1) is 14.4. The predicted molar refractivity (Wildman–Crippen MR) is 66.4 cm³/mol. The number of hydrogen-bond donors (Lipinski definition) is 2. The van der Waals surface area contributed by atoms with Gasteiger partial charge in [-0.2, -0.15) is 0 Å². The molecule has 1 amide bonds. The molecule has 0 spiro atoms. The van der Waals surface area contributed by atoms with Crippen LogP contribution in [-0.2, 0) is 11.3 Å². The van der Waals surface area contributed by atoms with Crippen molar-refractivity contribution in [3.05, 3.63) is 21.9 Å². The van der Waals surface area contributed by atoms with Gasteiger partial charge in [-0.1, -0.05) is 6.92 Å². The van der Waals surface area contributed by atoms with Crippen molar-refractivity contribution >= 4 is 29.7 Å². The smallest absolute Gasteiger partial charge is 0.237 e. The van der Waals surface area contributed by atoms with Crippen LogP contribution in [0.1, 0.15) is 23.1 Å². The van der Waals surface area contributed by atoms with E-state index in [0.717, 1.165) is 0 Å². The Morgan fingerprint density at radius 3 is 2.73 bits per heavy atom. The van der Waals surface area contributed by atoms with E-state index in [-0.39, 0.29) is 24.4 Å². The number of nitrogens with two attached hydrogens (primary N) is 1. The highest BCUT2D eigenvalue weighted by molar-refractivity contribution is 7.11. The zero-order valence-electron chi connectivity index (χ0n) is 8.95. The van der Waals surface area contributed by atoms with Gasteiger partial charge in [-0.15, -0.1) is 23.7 Å². The Hall–Kier alpha value is -0.580. The Kier molecular flexibility index (Phi) is 6.56. The first-order valence-corrected chi connectivity index (χ1v) is 5.53. The molecule has 0 bridgehead atoms. The molecule has 0 aliphatic heterocycles. The molecule has 3 N–H and O–H groups in total. The fourth-order valence-electron chi connectivity index (χ4n) is 1.07. The monoisotopic (exact) mass is 248 g/mol. The molecule has 0 fully saturated rings. The van der Waals surface area contributed by atoms with Gasteiger partial charge in [-0.25, -0.2) is 0 Å². The fourth-order valence-corrected chi connectivity index (χ4v) is 1.90. The molecule has 86 valence electrons. The van der Waals surface area contributed by atoms with Crippen LogP contribution in [-0.4, -0.2) is 11.9 Å². The van der Waals surface area contributed by atoms with Crippen LogP contribution in [0.5, 0.6) is 0 Å². The molecule has 0 saturated heterocycles. The average Bonchev–Trinajstić information content (AvgIpc) is 2.59. The number of carbonyl (C=O) groups is 1. The summed E-state index contributed by atoms with van der Waals surface area (Å²) in [4.78, 5) is 13.7. The summed E-state index contributed by atoms with van der Waals surface area (Å²) in [5, 5.41) is 2.81. The molecule has 5 heteroatoms. The Morgan fingerprint density at radius 1 is 1.60 bits per heavy atom. The van der Waals surface area contributed by atoms with Gasteiger partial charge < -0.3 is 11.1 Å². The number of carbonyl (C=O) groups excluding carboxylic acids is 1. The lowest BCUT2D eigenvalue weighted by Crippen LogP contribution is -2.39. The summed E-state index contributed by atoms with van der Waals surface area (Å²) in [5.41, 5.74) is 5.58. The van der Waals surface area contributed by atoms with Gasteiger partial charge in [-0.05, 0) is 25.5 Å². The molecule has 0 aliphatic rings. The van der Waals surface area contributed by atoms with Crippen molar-refractivity contribution in [2.24, 2.45) is 5.73 Å². The van der Waals surface area contributed by atoms with Crippen molar-refractivity contribution in [2.45, 2.75) is 32.9 Å². The highest BCUT2D eigenvalue weighted by atomic mass is 35.5. The van der Waals surface area contributed by atoms with Crippen LogP contribution in [0.2, 0.25) is 0 Å². The molecule has 1 aromatic heterocycles. The van der Waals surface area contributed by atoms with Gasteiger partial charge in [0.25, 0.3) is 0 Å². The van der Waals surface area contributed by atoms with Crippen LogP contribution in [0, 0.1) is 6.92 Å². The standard InChI is InChI=1S/C10H16N2OS.ClH/c1-3-9(11)10(13)12-6-8-5-4-7(2)14-8;/h4-5,9H,3,6,11H2,1-2H3,(H,12,13);1H/t9-;/m0./s1. The second-order valence-corrected chi connectivity index (χ2v) is 4.62. The Balaban J connectivity index is 0.00000196. The maximum Gasteiger partial charge on any atom is 0.237 e. The molecule has 3 nitrogen and oxygen atoms in total. The van der Waals surface area contributed by atoms with Gasteiger partial charge in [0.15, 0.2) is 0 Å². The van der Waals surface area contributed by atoms with Crippen molar-refractivity contribution in [3.63, 3.8) is 0 Å². The molecular weight excluding hydrogens is 232 g/mol. The van der Waals surface area contributed by atoms with E-state index < -0.39 is 0 Å². The predicted octanol–water partition coefficient (Wildman–Crippen LogP) is 1.83. The van der Waals surface area contributed by atoms with Crippen molar-refractivity contribution in [2.75, 3.05) is 0 Å². The summed E-state index contributed by atoms with van der Waals surface area (Å²) in [5.74, 6) is -0.0708. The zero-order chi connectivity index (χ0) is 10.6. The summed E-state index contributed by atoms with van der Waals surface area (Å²) >= 11 is 1.69. The van der Waals surface area contributed by atoms with E-state index in [1.807, 2.05) is 26.0 Å². The van der Waals surface area contributed by atoms with Crippen molar-refractivity contribution in [3.8, 4) is 0 Å². The Labute approximate surface area is 100 Å². The highest BCUT2D eigenvalue weighted by Gasteiger charge is 2.09. The molecule has 1 rings (SSSR count). The minimum absolute atomic E-state index is 0. The molecule has 1 heterocycles. The molecule has 1 aromatic rings. The quantitative estimate of drug-likeness (QED) is 0.854. The zero-order valence-corrected chi connectivity index (χ0v) is 10.6. The number of rotatable bonds is 4. The molecular formula is C10H17ClN2OS. The Morgan fingerprint density at radius 2 is 2.27 bits per heavy atom. The number of aryl methyl sites for hydroxylation is 1. The number of amides is 1. The second kappa shape index (κ2) is 6.82. The lowest BCUT2D eigenvalue weighted by molar-refractivity contribution is -0.122. The van der Waals surface area contributed by atoms with Crippen molar-refractivity contribution < 1.29 is 4.79 Å². The van der Waals surface area contributed by atoms with Gasteiger partial charge in [-0.3, -0.25) is 4.79 Å². The van der Waals surface area contributed by atoms with Crippen LogP contribution >= 0.6 is 23.7 Å². The van der Waals surface area contributed by atoms with E-state index >= 15 is 0 Å². The fraction of sp³-hybridized carbons (Fsp3) is 0.500. The lowest BCUT2D eigenvalue weighted by atomic mass is 10.2. The van der Waals surface area contributed by atoms with Gasteiger partial charge >= 0.3 is 0 Å². The third-order valence-corrected chi connectivity index (χ3v) is 3.01. The number of nitrogens with one attached hydrogen (secondary N) is 1. The third-order valence-electron chi connectivity index (χ3n) is 2.01. The SMILES string of the molecule is CC[C@H](N)C(=O)NCc1ccc(C)s1.Cl. The van der Waals surface area contributed by atoms with E-state index in [2.05, 4.69) is 5.32 Å². The van der Waals surface area contributed by atoms with E-state index in [1.54, 1.807) is 11.3 Å². The van der Waals surface area contributed by atoms with Crippen LogP contribution in [0.4, 0.5) is 0 Å². The normalized spacial score (nSPS) is 11.7. The van der Waals surface area contributed by atoms with E-state index in [0.29, 0.717) is 13.0 Å². The summed E-state index contributed by atoms with van der Waals surface area (Å²) < 4.78 is 0. The van der Waals surface area contributed by atoms with Crippen LogP contribution in [0.15, 0.2) is 12.1 Å². The van der Waals surface area contributed by atoms with E-state index in [9.17, 15) is 4.79 Å². The second-order valence-electron chi connectivity index (χ2n) is 3.24. The first-order valence-electron chi connectivity index (χ1n) is 4.72. The largest absolute Gasteiger partial charge is 0.350 e.